The van der Waals surface area contributed by atoms with E-state index in [-0.39, 0.29) is 5.60 Å². The molecular formula is C33H54OSi. The van der Waals surface area contributed by atoms with E-state index in [2.05, 4.69) is 89.4 Å². The first-order valence-electron chi connectivity index (χ1n) is 15.1. The first-order chi connectivity index (χ1) is 16.7. The highest BCUT2D eigenvalue weighted by Gasteiger charge is 2.55. The lowest BCUT2D eigenvalue weighted by molar-refractivity contribution is -0.00510. The molecule has 0 heterocycles. The molecule has 0 N–H and O–H groups in total. The third-order valence-electron chi connectivity index (χ3n) is 10.2. The average molecular weight is 495 g/mol. The first-order valence-corrected chi connectivity index (χ1v) is 18.2. The maximum Gasteiger partial charge on any atom is 0.0598 e. The molecule has 4 rings (SSSR count). The van der Waals surface area contributed by atoms with E-state index in [4.69, 9.17) is 4.74 Å². The van der Waals surface area contributed by atoms with Crippen molar-refractivity contribution in [1.29, 1.82) is 0 Å². The summed E-state index contributed by atoms with van der Waals surface area (Å²) < 4.78 is 6.01. The molecule has 0 spiro atoms. The fourth-order valence-electron chi connectivity index (χ4n) is 8.35. The molecule has 0 saturated heterocycles. The van der Waals surface area contributed by atoms with Crippen LogP contribution < -0.4 is 0 Å². The van der Waals surface area contributed by atoms with E-state index in [0.29, 0.717) is 0 Å². The Kier molecular flexibility index (Phi) is 9.07. The van der Waals surface area contributed by atoms with Gasteiger partial charge in [-0.15, -0.1) is 0 Å². The molecule has 2 heteroatoms. The zero-order chi connectivity index (χ0) is 25.1. The summed E-state index contributed by atoms with van der Waals surface area (Å²) in [7, 11) is -1.46. The minimum atomic E-state index is -1.46. The second-order valence-corrected chi connectivity index (χ2v) is 19.0. The van der Waals surface area contributed by atoms with Crippen LogP contribution in [-0.2, 0) is 4.74 Å². The number of unbranched alkanes of at least 4 members (excludes halogenated alkanes) is 3. The SMILES string of the molecule is CCCCCC1CC([Si](C)(C)C2CC(CCCCOC(C)(C)C)C3C=CC=CC32)C2C=CC=CC12. The normalized spacial score (nSPS) is 36.1. The molecule has 8 unspecified atom stereocenters. The molecule has 0 aromatic carbocycles. The molecule has 2 saturated carbocycles. The van der Waals surface area contributed by atoms with Crippen LogP contribution in [0.2, 0.25) is 24.2 Å². The van der Waals surface area contributed by atoms with Crippen molar-refractivity contribution < 1.29 is 4.74 Å². The van der Waals surface area contributed by atoms with Gasteiger partial charge in [-0.2, -0.15) is 0 Å². The highest BCUT2D eigenvalue weighted by molar-refractivity contribution is 6.80. The summed E-state index contributed by atoms with van der Waals surface area (Å²) in [6, 6.07) is 0. The smallest absolute Gasteiger partial charge is 0.0598 e. The third kappa shape index (κ3) is 6.35. The van der Waals surface area contributed by atoms with E-state index in [1.807, 2.05) is 0 Å². The molecular weight excluding hydrogens is 440 g/mol. The van der Waals surface area contributed by atoms with Gasteiger partial charge in [0.05, 0.1) is 13.7 Å². The fourth-order valence-corrected chi connectivity index (χ4v) is 13.4. The zero-order valence-corrected chi connectivity index (χ0v) is 24.7. The molecule has 0 aromatic heterocycles. The Hall–Kier alpha value is -0.863. The van der Waals surface area contributed by atoms with Crippen LogP contribution in [0.15, 0.2) is 48.6 Å². The van der Waals surface area contributed by atoms with Crippen LogP contribution in [0.3, 0.4) is 0 Å². The van der Waals surface area contributed by atoms with Crippen LogP contribution in [0.25, 0.3) is 0 Å². The van der Waals surface area contributed by atoms with Gasteiger partial charge in [-0.1, -0.05) is 94.3 Å². The van der Waals surface area contributed by atoms with Crippen molar-refractivity contribution in [1.82, 2.24) is 0 Å². The van der Waals surface area contributed by atoms with Gasteiger partial charge < -0.3 is 4.74 Å². The summed E-state index contributed by atoms with van der Waals surface area (Å²) in [5.41, 5.74) is 1.87. The van der Waals surface area contributed by atoms with E-state index in [0.717, 1.165) is 53.2 Å². The Labute approximate surface area is 218 Å². The van der Waals surface area contributed by atoms with Crippen LogP contribution in [0.1, 0.15) is 85.5 Å². The molecule has 4 aliphatic rings. The fraction of sp³-hybridized carbons (Fsp3) is 0.758. The predicted octanol–water partition coefficient (Wildman–Crippen LogP) is 9.76. The molecule has 8 atom stereocenters. The average Bonchev–Trinajstić information content (AvgIpc) is 3.38. The molecule has 1 nitrogen and oxygen atoms in total. The second kappa shape index (κ2) is 11.7. The minimum Gasteiger partial charge on any atom is -0.376 e. The lowest BCUT2D eigenvalue weighted by Crippen LogP contribution is -2.42. The Morgan fingerprint density at radius 3 is 1.60 bits per heavy atom. The number of fused-ring (bicyclic) bond motifs is 2. The Morgan fingerprint density at radius 1 is 0.686 bits per heavy atom. The summed E-state index contributed by atoms with van der Waals surface area (Å²) in [5.74, 6) is 4.97. The van der Waals surface area contributed by atoms with Crippen LogP contribution >= 0.6 is 0 Å². The third-order valence-corrected chi connectivity index (χ3v) is 15.2. The second-order valence-electron chi connectivity index (χ2n) is 13.8. The molecule has 0 bridgehead atoms. The zero-order valence-electron chi connectivity index (χ0n) is 23.7. The molecule has 0 aliphatic heterocycles. The molecule has 0 aromatic rings. The predicted molar refractivity (Wildman–Crippen MR) is 155 cm³/mol. The standard InChI is InChI=1S/C33H54OSi/c1-7-8-9-16-25-23-31(29-20-12-10-18-27(25)29)35(5,6)32-24-26(28-19-11-13-21-30(28)32)17-14-15-22-34-33(2,3)4/h10-13,18-21,25-32H,7-9,14-17,22-24H2,1-6H3. The van der Waals surface area contributed by atoms with E-state index in [9.17, 15) is 0 Å². The highest BCUT2D eigenvalue weighted by Crippen LogP contribution is 2.62. The quantitative estimate of drug-likeness (QED) is 0.205. The number of hydrogen-bond donors (Lipinski definition) is 0. The Bertz CT molecular complexity index is 796. The number of allylic oxidation sites excluding steroid dienone is 8. The summed E-state index contributed by atoms with van der Waals surface area (Å²) in [5, 5.41) is 0. The van der Waals surface area contributed by atoms with Gasteiger partial charge in [-0.25, -0.2) is 0 Å². The van der Waals surface area contributed by atoms with Crippen molar-refractivity contribution in [2.45, 2.75) is 115 Å². The van der Waals surface area contributed by atoms with Gasteiger partial charge in [0, 0.05) is 6.61 Å². The van der Waals surface area contributed by atoms with E-state index in [1.54, 1.807) is 0 Å². The molecule has 0 radical (unpaired) electrons. The minimum absolute atomic E-state index is 0.00757. The van der Waals surface area contributed by atoms with Crippen LogP contribution in [0.4, 0.5) is 0 Å². The summed E-state index contributed by atoms with van der Waals surface area (Å²) in [6.07, 6.45) is 32.4. The maximum absolute atomic E-state index is 6.01. The number of hydrogen-bond acceptors (Lipinski definition) is 1. The monoisotopic (exact) mass is 494 g/mol. The van der Waals surface area contributed by atoms with Gasteiger partial charge in [0.25, 0.3) is 0 Å². The molecule has 35 heavy (non-hydrogen) atoms. The topological polar surface area (TPSA) is 9.23 Å². The summed E-state index contributed by atoms with van der Waals surface area (Å²) in [6.45, 7) is 15.4. The van der Waals surface area contributed by atoms with Crippen LogP contribution in [-0.4, -0.2) is 20.3 Å². The van der Waals surface area contributed by atoms with Crippen molar-refractivity contribution in [3.05, 3.63) is 48.6 Å². The van der Waals surface area contributed by atoms with Gasteiger partial charge >= 0.3 is 0 Å². The first kappa shape index (κ1) is 27.2. The van der Waals surface area contributed by atoms with Crippen molar-refractivity contribution in [3.8, 4) is 0 Å². The van der Waals surface area contributed by atoms with E-state index < -0.39 is 8.07 Å². The summed E-state index contributed by atoms with van der Waals surface area (Å²) in [4.78, 5) is 0. The molecule has 2 fully saturated rings. The maximum atomic E-state index is 6.01. The molecule has 4 aliphatic carbocycles. The van der Waals surface area contributed by atoms with Crippen LogP contribution in [0, 0.1) is 35.5 Å². The number of rotatable bonds is 11. The van der Waals surface area contributed by atoms with Gasteiger partial charge in [0.2, 0.25) is 0 Å². The van der Waals surface area contributed by atoms with Gasteiger partial charge in [-0.05, 0) is 99.5 Å². The Balaban J connectivity index is 1.43. The lowest BCUT2D eigenvalue weighted by Gasteiger charge is -2.42. The van der Waals surface area contributed by atoms with Crippen molar-refractivity contribution in [2.24, 2.45) is 35.5 Å². The van der Waals surface area contributed by atoms with Crippen molar-refractivity contribution in [2.75, 3.05) is 6.61 Å². The summed E-state index contributed by atoms with van der Waals surface area (Å²) >= 11 is 0. The van der Waals surface area contributed by atoms with Crippen LogP contribution in [0.5, 0.6) is 0 Å². The van der Waals surface area contributed by atoms with Crippen molar-refractivity contribution in [3.63, 3.8) is 0 Å². The van der Waals surface area contributed by atoms with Gasteiger partial charge in [-0.3, -0.25) is 0 Å². The highest BCUT2D eigenvalue weighted by atomic mass is 28.3. The molecule has 0 amide bonds. The Morgan fingerprint density at radius 2 is 1.14 bits per heavy atom. The van der Waals surface area contributed by atoms with Gasteiger partial charge in [0.1, 0.15) is 0 Å². The molecule has 196 valence electrons. The van der Waals surface area contributed by atoms with E-state index in [1.165, 1.54) is 57.8 Å². The largest absolute Gasteiger partial charge is 0.376 e. The van der Waals surface area contributed by atoms with Crippen molar-refractivity contribution >= 4 is 8.07 Å². The lowest BCUT2D eigenvalue weighted by atomic mass is 9.84. The number of ether oxygens (including phenoxy) is 1. The van der Waals surface area contributed by atoms with E-state index >= 15 is 0 Å². The van der Waals surface area contributed by atoms with Gasteiger partial charge in [0.15, 0.2) is 0 Å².